The first-order chi connectivity index (χ1) is 8.35. The van der Waals surface area contributed by atoms with Crippen LogP contribution in [0.25, 0.3) is 0 Å². The molecular formula is C11H23N3O3S. The Bertz CT molecular complexity index is 285. The van der Waals surface area contributed by atoms with Gasteiger partial charge in [0, 0.05) is 37.2 Å². The SMILES string of the molecule is CC(C)(CN)[C@@H](O)C(=O)NCCC(=O)NCCS. The van der Waals surface area contributed by atoms with Gasteiger partial charge in [0.25, 0.3) is 0 Å². The Morgan fingerprint density at radius 2 is 1.94 bits per heavy atom. The second-order valence-electron chi connectivity index (χ2n) is 4.71. The first-order valence-electron chi connectivity index (χ1n) is 5.88. The zero-order valence-corrected chi connectivity index (χ0v) is 11.8. The van der Waals surface area contributed by atoms with Crippen molar-refractivity contribution in [2.45, 2.75) is 26.4 Å². The Balaban J connectivity index is 3.94. The van der Waals surface area contributed by atoms with E-state index >= 15 is 0 Å². The van der Waals surface area contributed by atoms with E-state index in [1.54, 1.807) is 13.8 Å². The van der Waals surface area contributed by atoms with Gasteiger partial charge in [0.15, 0.2) is 0 Å². The van der Waals surface area contributed by atoms with Gasteiger partial charge in [-0.05, 0) is 0 Å². The molecule has 0 rings (SSSR count). The van der Waals surface area contributed by atoms with Gasteiger partial charge in [0.05, 0.1) is 0 Å². The Kier molecular flexibility index (Phi) is 7.97. The molecule has 0 aromatic carbocycles. The van der Waals surface area contributed by atoms with Crippen LogP contribution in [0.4, 0.5) is 0 Å². The fraction of sp³-hybridized carbons (Fsp3) is 0.818. The number of amides is 2. The van der Waals surface area contributed by atoms with Crippen LogP contribution in [-0.2, 0) is 9.59 Å². The quantitative estimate of drug-likeness (QED) is 0.363. The molecule has 0 aliphatic rings. The molecule has 1 atom stereocenters. The van der Waals surface area contributed by atoms with Crippen LogP contribution in [0.2, 0.25) is 0 Å². The highest BCUT2D eigenvalue weighted by molar-refractivity contribution is 7.80. The predicted octanol–water partition coefficient (Wildman–Crippen LogP) is -1.12. The number of carbonyl (C=O) groups is 2. The van der Waals surface area contributed by atoms with Crippen molar-refractivity contribution in [1.82, 2.24) is 10.6 Å². The van der Waals surface area contributed by atoms with Gasteiger partial charge in [0.1, 0.15) is 6.10 Å². The monoisotopic (exact) mass is 277 g/mol. The van der Waals surface area contributed by atoms with E-state index in [1.165, 1.54) is 0 Å². The van der Waals surface area contributed by atoms with Crippen molar-refractivity contribution in [2.24, 2.45) is 11.1 Å². The Morgan fingerprint density at radius 1 is 1.33 bits per heavy atom. The topological polar surface area (TPSA) is 104 Å². The second kappa shape index (κ2) is 8.34. The molecule has 0 fully saturated rings. The Labute approximate surface area is 113 Å². The minimum absolute atomic E-state index is 0.156. The number of hydrogen-bond acceptors (Lipinski definition) is 5. The molecule has 5 N–H and O–H groups in total. The number of aliphatic hydroxyl groups excluding tert-OH is 1. The van der Waals surface area contributed by atoms with E-state index in [9.17, 15) is 14.7 Å². The summed E-state index contributed by atoms with van der Waals surface area (Å²) in [6.45, 7) is 4.30. The van der Waals surface area contributed by atoms with Gasteiger partial charge in [-0.15, -0.1) is 0 Å². The first-order valence-corrected chi connectivity index (χ1v) is 6.51. The van der Waals surface area contributed by atoms with Crippen molar-refractivity contribution in [3.8, 4) is 0 Å². The fourth-order valence-corrected chi connectivity index (χ4v) is 1.26. The maximum absolute atomic E-state index is 11.6. The third-order valence-electron chi connectivity index (χ3n) is 2.60. The number of carbonyl (C=O) groups excluding carboxylic acids is 2. The van der Waals surface area contributed by atoms with Gasteiger partial charge in [-0.1, -0.05) is 13.8 Å². The summed E-state index contributed by atoms with van der Waals surface area (Å²) in [6, 6.07) is 0. The highest BCUT2D eigenvalue weighted by Gasteiger charge is 2.31. The molecule has 0 saturated heterocycles. The van der Waals surface area contributed by atoms with Crippen LogP contribution in [-0.4, -0.2) is 48.4 Å². The molecule has 0 heterocycles. The number of thiol groups is 1. The van der Waals surface area contributed by atoms with Crippen LogP contribution in [0.5, 0.6) is 0 Å². The van der Waals surface area contributed by atoms with Gasteiger partial charge in [0.2, 0.25) is 11.8 Å². The summed E-state index contributed by atoms with van der Waals surface area (Å²) in [5.74, 6) is -0.0917. The highest BCUT2D eigenvalue weighted by Crippen LogP contribution is 2.18. The lowest BCUT2D eigenvalue weighted by Gasteiger charge is -2.27. The smallest absolute Gasteiger partial charge is 0.249 e. The molecule has 0 unspecified atom stereocenters. The van der Waals surface area contributed by atoms with Crippen molar-refractivity contribution in [2.75, 3.05) is 25.4 Å². The van der Waals surface area contributed by atoms with E-state index < -0.39 is 17.4 Å². The largest absolute Gasteiger partial charge is 0.383 e. The molecule has 0 aliphatic heterocycles. The first kappa shape index (κ1) is 17.2. The Morgan fingerprint density at radius 3 is 2.44 bits per heavy atom. The standard InChI is InChI=1S/C11H23N3O3S/c1-11(2,7-12)9(16)10(17)14-4-3-8(15)13-5-6-18/h9,16,18H,3-7,12H2,1-2H3,(H,13,15)(H,14,17)/t9-/m0/s1. The van der Waals surface area contributed by atoms with Gasteiger partial charge in [-0.25, -0.2) is 0 Å². The van der Waals surface area contributed by atoms with Crippen molar-refractivity contribution in [3.63, 3.8) is 0 Å². The average Bonchev–Trinajstić information content (AvgIpc) is 2.35. The number of nitrogens with two attached hydrogens (primary N) is 1. The second-order valence-corrected chi connectivity index (χ2v) is 5.16. The van der Waals surface area contributed by atoms with Crippen LogP contribution in [0.1, 0.15) is 20.3 Å². The summed E-state index contributed by atoms with van der Waals surface area (Å²) < 4.78 is 0. The van der Waals surface area contributed by atoms with Crippen molar-refractivity contribution in [3.05, 3.63) is 0 Å². The lowest BCUT2D eigenvalue weighted by molar-refractivity contribution is -0.135. The maximum Gasteiger partial charge on any atom is 0.249 e. The maximum atomic E-state index is 11.6. The minimum atomic E-state index is -1.18. The summed E-state index contributed by atoms with van der Waals surface area (Å²) in [6.07, 6.45) is -1.00. The fourth-order valence-electron chi connectivity index (χ4n) is 1.15. The van der Waals surface area contributed by atoms with Crippen molar-refractivity contribution >= 4 is 24.4 Å². The highest BCUT2D eigenvalue weighted by atomic mass is 32.1. The summed E-state index contributed by atoms with van der Waals surface area (Å²) in [4.78, 5) is 22.8. The molecule has 0 saturated carbocycles. The van der Waals surface area contributed by atoms with E-state index in [-0.39, 0.29) is 25.4 Å². The zero-order chi connectivity index (χ0) is 14.2. The van der Waals surface area contributed by atoms with Gasteiger partial charge < -0.3 is 21.5 Å². The third-order valence-corrected chi connectivity index (χ3v) is 2.82. The molecule has 0 bridgehead atoms. The molecule has 0 aromatic rings. The van der Waals surface area contributed by atoms with E-state index in [4.69, 9.17) is 5.73 Å². The van der Waals surface area contributed by atoms with Crippen LogP contribution < -0.4 is 16.4 Å². The van der Waals surface area contributed by atoms with E-state index in [2.05, 4.69) is 23.3 Å². The molecule has 18 heavy (non-hydrogen) atoms. The molecule has 0 aliphatic carbocycles. The Hall–Kier alpha value is -0.790. The van der Waals surface area contributed by atoms with Crippen molar-refractivity contribution in [1.29, 1.82) is 0 Å². The lowest BCUT2D eigenvalue weighted by Crippen LogP contribution is -2.47. The van der Waals surface area contributed by atoms with Crippen LogP contribution >= 0.6 is 12.6 Å². The van der Waals surface area contributed by atoms with Crippen LogP contribution in [0.15, 0.2) is 0 Å². The normalized spacial score (nSPS) is 12.9. The van der Waals surface area contributed by atoms with Gasteiger partial charge in [-0.2, -0.15) is 12.6 Å². The van der Waals surface area contributed by atoms with Gasteiger partial charge >= 0.3 is 0 Å². The minimum Gasteiger partial charge on any atom is -0.383 e. The molecular weight excluding hydrogens is 254 g/mol. The number of aliphatic hydroxyl groups is 1. The van der Waals surface area contributed by atoms with E-state index in [1.807, 2.05) is 0 Å². The molecule has 0 spiro atoms. The summed E-state index contributed by atoms with van der Waals surface area (Å²) in [7, 11) is 0. The zero-order valence-electron chi connectivity index (χ0n) is 10.9. The summed E-state index contributed by atoms with van der Waals surface area (Å²) in [5.41, 5.74) is 4.78. The summed E-state index contributed by atoms with van der Waals surface area (Å²) in [5, 5.41) is 14.9. The third kappa shape index (κ3) is 6.23. The molecule has 0 aromatic heterocycles. The number of hydrogen-bond donors (Lipinski definition) is 5. The van der Waals surface area contributed by atoms with Crippen molar-refractivity contribution < 1.29 is 14.7 Å². The summed E-state index contributed by atoms with van der Waals surface area (Å²) >= 11 is 3.96. The predicted molar refractivity (Wildman–Crippen MR) is 73.3 cm³/mol. The molecule has 7 heteroatoms. The molecule has 6 nitrogen and oxygen atoms in total. The van der Waals surface area contributed by atoms with Gasteiger partial charge in [-0.3, -0.25) is 9.59 Å². The van der Waals surface area contributed by atoms with E-state index in [0.717, 1.165) is 0 Å². The van der Waals surface area contributed by atoms with E-state index in [0.29, 0.717) is 12.3 Å². The number of rotatable bonds is 8. The average molecular weight is 277 g/mol. The van der Waals surface area contributed by atoms with Crippen LogP contribution in [0, 0.1) is 5.41 Å². The lowest BCUT2D eigenvalue weighted by atomic mass is 9.86. The molecule has 106 valence electrons. The number of nitrogens with one attached hydrogen (secondary N) is 2. The molecule has 0 radical (unpaired) electrons. The van der Waals surface area contributed by atoms with Crippen LogP contribution in [0.3, 0.4) is 0 Å². The molecule has 2 amide bonds.